The van der Waals surface area contributed by atoms with Gasteiger partial charge in [-0.1, -0.05) is 0 Å². The molecule has 2 aliphatic rings. The van der Waals surface area contributed by atoms with Crippen LogP contribution in [-0.2, 0) is 6.54 Å². The molecule has 0 bridgehead atoms. The largest absolute Gasteiger partial charge is 0.477 e. The van der Waals surface area contributed by atoms with Crippen molar-refractivity contribution in [3.63, 3.8) is 0 Å². The van der Waals surface area contributed by atoms with E-state index in [-0.39, 0.29) is 22.8 Å². The molecule has 4 aromatic rings. The highest BCUT2D eigenvalue weighted by Gasteiger charge is 2.28. The lowest BCUT2D eigenvalue weighted by atomic mass is 10.1. The number of carboxylic acid groups (broad SMARTS) is 1. The second kappa shape index (κ2) is 8.44. The van der Waals surface area contributed by atoms with Gasteiger partial charge >= 0.3 is 5.97 Å². The molecule has 9 heteroatoms. The molecule has 1 saturated carbocycles. The summed E-state index contributed by atoms with van der Waals surface area (Å²) in [4.78, 5) is 32.0. The molecule has 0 amide bonds. The highest BCUT2D eigenvalue weighted by Crippen LogP contribution is 2.38. The minimum Gasteiger partial charge on any atom is -0.477 e. The fourth-order valence-corrected chi connectivity index (χ4v) is 5.29. The number of carboxylic acids is 1. The number of aromatic amines is 1. The van der Waals surface area contributed by atoms with Gasteiger partial charge in [0.1, 0.15) is 17.2 Å². The Balaban J connectivity index is 1.25. The first-order valence-corrected chi connectivity index (χ1v) is 12.2. The number of aromatic nitrogens is 2. The summed E-state index contributed by atoms with van der Waals surface area (Å²) < 4.78 is 30.7. The maximum Gasteiger partial charge on any atom is 0.341 e. The Labute approximate surface area is 205 Å². The number of pyridine rings is 1. The Bertz CT molecular complexity index is 1580. The van der Waals surface area contributed by atoms with Crippen LogP contribution in [0.5, 0.6) is 0 Å². The van der Waals surface area contributed by atoms with E-state index in [0.29, 0.717) is 43.9 Å². The molecule has 2 N–H and O–H groups in total. The van der Waals surface area contributed by atoms with Crippen molar-refractivity contribution in [3.05, 3.63) is 75.2 Å². The minimum absolute atomic E-state index is 0.104. The van der Waals surface area contributed by atoms with Crippen LogP contribution in [0.3, 0.4) is 0 Å². The minimum atomic E-state index is -1.30. The number of rotatable bonds is 5. The molecule has 2 aromatic carbocycles. The van der Waals surface area contributed by atoms with Gasteiger partial charge < -0.3 is 19.6 Å². The second-order valence-electron chi connectivity index (χ2n) is 9.82. The van der Waals surface area contributed by atoms with Gasteiger partial charge in [-0.2, -0.15) is 0 Å². The zero-order chi connectivity index (χ0) is 25.1. The number of piperazine rings is 1. The highest BCUT2D eigenvalue weighted by atomic mass is 19.1. The highest BCUT2D eigenvalue weighted by molar-refractivity contribution is 5.93. The normalized spacial score (nSPS) is 16.8. The molecule has 1 saturated heterocycles. The average Bonchev–Trinajstić information content (AvgIpc) is 3.65. The zero-order valence-electron chi connectivity index (χ0n) is 19.9. The Morgan fingerprint density at radius 1 is 1.08 bits per heavy atom. The molecule has 1 aliphatic heterocycles. The molecular weight excluding hydrogens is 466 g/mol. The van der Waals surface area contributed by atoms with Gasteiger partial charge in [-0.25, -0.2) is 13.6 Å². The van der Waals surface area contributed by atoms with Gasteiger partial charge in [-0.05, 0) is 55.7 Å². The summed E-state index contributed by atoms with van der Waals surface area (Å²) in [6, 6.07) is 7.77. The number of hydrogen-bond donors (Lipinski definition) is 2. The van der Waals surface area contributed by atoms with E-state index in [0.717, 1.165) is 35.0 Å². The van der Waals surface area contributed by atoms with Crippen LogP contribution in [-0.4, -0.2) is 51.7 Å². The number of benzene rings is 2. The third kappa shape index (κ3) is 3.83. The summed E-state index contributed by atoms with van der Waals surface area (Å²) in [6.45, 7) is 5.33. The molecule has 0 unspecified atom stereocenters. The summed E-state index contributed by atoms with van der Waals surface area (Å²) in [7, 11) is 0. The van der Waals surface area contributed by atoms with Gasteiger partial charge in [0.05, 0.1) is 11.2 Å². The number of nitrogens with one attached hydrogen (secondary N) is 1. The van der Waals surface area contributed by atoms with Crippen LogP contribution in [0.1, 0.15) is 40.5 Å². The van der Waals surface area contributed by atoms with Gasteiger partial charge in [-0.3, -0.25) is 9.69 Å². The summed E-state index contributed by atoms with van der Waals surface area (Å²) in [5.41, 5.74) is 3.01. The monoisotopic (exact) mass is 492 g/mol. The first-order chi connectivity index (χ1) is 17.3. The predicted octanol–water partition coefficient (Wildman–Crippen LogP) is 4.42. The maximum atomic E-state index is 15.2. The van der Waals surface area contributed by atoms with Crippen molar-refractivity contribution >= 4 is 33.5 Å². The lowest BCUT2D eigenvalue weighted by molar-refractivity contribution is 0.0695. The smallest absolute Gasteiger partial charge is 0.341 e. The molecule has 2 aromatic heterocycles. The van der Waals surface area contributed by atoms with Crippen LogP contribution in [0.25, 0.3) is 21.8 Å². The molecular formula is C27H26F2N4O3. The number of nitrogens with zero attached hydrogens (tertiary/aromatic N) is 3. The quantitative estimate of drug-likeness (QED) is 0.431. The van der Waals surface area contributed by atoms with Crippen molar-refractivity contribution in [2.75, 3.05) is 31.1 Å². The maximum absolute atomic E-state index is 15.2. The van der Waals surface area contributed by atoms with Crippen LogP contribution < -0.4 is 10.3 Å². The Morgan fingerprint density at radius 3 is 2.53 bits per heavy atom. The van der Waals surface area contributed by atoms with Crippen LogP contribution >= 0.6 is 0 Å². The van der Waals surface area contributed by atoms with Gasteiger partial charge in [-0.15, -0.1) is 0 Å². The van der Waals surface area contributed by atoms with Crippen molar-refractivity contribution in [1.29, 1.82) is 0 Å². The second-order valence-corrected chi connectivity index (χ2v) is 9.82. The molecule has 186 valence electrons. The summed E-state index contributed by atoms with van der Waals surface area (Å²) in [5.74, 6) is -2.08. The van der Waals surface area contributed by atoms with E-state index in [1.165, 1.54) is 18.3 Å². The number of H-pyrrole nitrogens is 1. The Kier molecular flexibility index (Phi) is 5.33. The van der Waals surface area contributed by atoms with Gasteiger partial charge in [0.15, 0.2) is 0 Å². The predicted molar refractivity (Wildman–Crippen MR) is 134 cm³/mol. The van der Waals surface area contributed by atoms with E-state index < -0.39 is 17.2 Å². The Hall–Kier alpha value is -3.72. The average molecular weight is 493 g/mol. The van der Waals surface area contributed by atoms with Crippen molar-refractivity contribution in [2.45, 2.75) is 32.4 Å². The SMILES string of the molecule is Cc1c(CN2CCN(c3cc4c(cc3F)c(=O)c(C(=O)O)cn4C3CC3)CC2)[nH]c2ccc(F)cc12. The van der Waals surface area contributed by atoms with Crippen molar-refractivity contribution in [2.24, 2.45) is 0 Å². The third-order valence-electron chi connectivity index (χ3n) is 7.49. The standard InChI is InChI=1S/C27H26F2N4O3/c1-15-18-10-16(28)2-5-22(18)30-23(15)14-31-6-8-32(9-7-31)25-12-24-19(11-21(25)29)26(34)20(27(35)36)13-33(24)17-3-4-17/h2,5,10-13,17,30H,3-4,6-9,14H2,1H3,(H,35,36). The van der Waals surface area contributed by atoms with E-state index in [2.05, 4.69) is 9.88 Å². The number of halogens is 2. The Morgan fingerprint density at radius 2 is 1.83 bits per heavy atom. The van der Waals surface area contributed by atoms with Crippen LogP contribution in [0, 0.1) is 18.6 Å². The third-order valence-corrected chi connectivity index (χ3v) is 7.49. The van der Waals surface area contributed by atoms with E-state index in [9.17, 15) is 19.1 Å². The van der Waals surface area contributed by atoms with Gasteiger partial charge in [0.2, 0.25) is 5.43 Å². The van der Waals surface area contributed by atoms with E-state index in [4.69, 9.17) is 0 Å². The lowest BCUT2D eigenvalue weighted by Gasteiger charge is -2.36. The fraction of sp³-hybridized carbons (Fsp3) is 0.333. The first-order valence-electron chi connectivity index (χ1n) is 12.2. The number of hydrogen-bond acceptors (Lipinski definition) is 4. The number of anilines is 1. The van der Waals surface area contributed by atoms with Crippen molar-refractivity contribution in [3.8, 4) is 0 Å². The van der Waals surface area contributed by atoms with Crippen molar-refractivity contribution in [1.82, 2.24) is 14.5 Å². The van der Waals surface area contributed by atoms with E-state index in [1.807, 2.05) is 16.4 Å². The topological polar surface area (TPSA) is 81.6 Å². The van der Waals surface area contributed by atoms with Crippen molar-refractivity contribution < 1.29 is 18.7 Å². The van der Waals surface area contributed by atoms with Gasteiger partial charge in [0.25, 0.3) is 0 Å². The molecule has 36 heavy (non-hydrogen) atoms. The number of fused-ring (bicyclic) bond motifs is 2. The van der Waals surface area contributed by atoms with Crippen LogP contribution in [0.15, 0.2) is 41.3 Å². The zero-order valence-corrected chi connectivity index (χ0v) is 19.9. The molecule has 7 nitrogen and oxygen atoms in total. The molecule has 0 atom stereocenters. The van der Waals surface area contributed by atoms with E-state index in [1.54, 1.807) is 18.2 Å². The summed E-state index contributed by atoms with van der Waals surface area (Å²) in [6.07, 6.45) is 3.21. The molecule has 6 rings (SSSR count). The number of carbonyl (C=O) groups is 1. The summed E-state index contributed by atoms with van der Waals surface area (Å²) >= 11 is 0. The fourth-order valence-electron chi connectivity index (χ4n) is 5.29. The summed E-state index contributed by atoms with van der Waals surface area (Å²) in [5, 5.41) is 10.4. The van der Waals surface area contributed by atoms with Crippen LogP contribution in [0.4, 0.5) is 14.5 Å². The van der Waals surface area contributed by atoms with Gasteiger partial charge in [0, 0.05) is 66.9 Å². The lowest BCUT2D eigenvalue weighted by Crippen LogP contribution is -2.46. The van der Waals surface area contributed by atoms with Crippen LogP contribution in [0.2, 0.25) is 0 Å². The molecule has 1 aliphatic carbocycles. The number of aromatic carboxylic acids is 1. The molecule has 2 fully saturated rings. The molecule has 0 spiro atoms. The molecule has 0 radical (unpaired) electrons. The number of aryl methyl sites for hydroxylation is 1. The van der Waals surface area contributed by atoms with E-state index >= 15 is 4.39 Å². The molecule has 3 heterocycles. The first kappa shape index (κ1) is 22.7.